The smallest absolute Gasteiger partial charge is 0.310 e. The van der Waals surface area contributed by atoms with Gasteiger partial charge < -0.3 is 10.2 Å². The van der Waals surface area contributed by atoms with Gasteiger partial charge in [0.05, 0.1) is 5.92 Å². The van der Waals surface area contributed by atoms with Crippen LogP contribution in [0.25, 0.3) is 0 Å². The summed E-state index contributed by atoms with van der Waals surface area (Å²) in [6, 6.07) is 3.91. The second-order valence-electron chi connectivity index (χ2n) is 8.52. The Bertz CT molecular complexity index is 542. The van der Waals surface area contributed by atoms with Crippen molar-refractivity contribution in [2.24, 2.45) is 0 Å². The number of hydrogen-bond acceptors (Lipinski definition) is 2. The van der Waals surface area contributed by atoms with E-state index in [1.165, 1.54) is 64.2 Å². The molecule has 0 radical (unpaired) electrons. The van der Waals surface area contributed by atoms with Crippen LogP contribution in [0.3, 0.4) is 0 Å². The number of unbranched alkanes of at least 4 members (excludes halogenated alkanes) is 10. The van der Waals surface area contributed by atoms with Crippen LogP contribution in [0.1, 0.15) is 127 Å². The van der Waals surface area contributed by atoms with Crippen molar-refractivity contribution in [2.45, 2.75) is 123 Å². The molecular weight excluding hydrogens is 360 g/mol. The lowest BCUT2D eigenvalue weighted by Crippen LogP contribution is -2.11. The van der Waals surface area contributed by atoms with Crippen molar-refractivity contribution in [3.63, 3.8) is 0 Å². The van der Waals surface area contributed by atoms with E-state index in [4.69, 9.17) is 0 Å². The van der Waals surface area contributed by atoms with E-state index in [0.29, 0.717) is 12.2 Å². The van der Waals surface area contributed by atoms with Gasteiger partial charge in [-0.05, 0) is 48.8 Å². The number of rotatable bonds is 17. The number of phenolic OH excluding ortho intramolecular Hbond substituents is 1. The van der Waals surface area contributed by atoms with Crippen molar-refractivity contribution in [3.05, 3.63) is 28.8 Å². The number of carbonyl (C=O) groups is 1. The van der Waals surface area contributed by atoms with E-state index in [1.54, 1.807) is 0 Å². The van der Waals surface area contributed by atoms with E-state index >= 15 is 0 Å². The molecule has 0 amide bonds. The molecule has 1 unspecified atom stereocenters. The molecule has 1 atom stereocenters. The molecule has 0 bridgehead atoms. The Hall–Kier alpha value is -1.51. The number of carboxylic acids is 1. The minimum atomic E-state index is -0.769. The maximum Gasteiger partial charge on any atom is 0.310 e. The van der Waals surface area contributed by atoms with E-state index in [1.807, 2.05) is 19.1 Å². The van der Waals surface area contributed by atoms with Crippen molar-refractivity contribution >= 4 is 5.97 Å². The maximum absolute atomic E-state index is 11.7. The lowest BCUT2D eigenvalue weighted by atomic mass is 9.89. The molecule has 0 aliphatic carbocycles. The molecule has 0 aromatic heterocycles. The van der Waals surface area contributed by atoms with E-state index < -0.39 is 11.9 Å². The zero-order chi connectivity index (χ0) is 21.5. The van der Waals surface area contributed by atoms with Crippen molar-refractivity contribution in [2.75, 3.05) is 0 Å². The van der Waals surface area contributed by atoms with Gasteiger partial charge in [-0.25, -0.2) is 0 Å². The monoisotopic (exact) mass is 404 g/mol. The summed E-state index contributed by atoms with van der Waals surface area (Å²) in [6.45, 7) is 6.37. The van der Waals surface area contributed by atoms with Crippen LogP contribution >= 0.6 is 0 Å². The Morgan fingerprint density at radius 2 is 1.17 bits per heavy atom. The highest BCUT2D eigenvalue weighted by molar-refractivity contribution is 5.76. The molecule has 2 N–H and O–H groups in total. The van der Waals surface area contributed by atoms with Crippen LogP contribution in [0.4, 0.5) is 0 Å². The summed E-state index contributed by atoms with van der Waals surface area (Å²) in [5.41, 5.74) is 2.75. The molecule has 0 aliphatic rings. The summed E-state index contributed by atoms with van der Waals surface area (Å²) in [5, 5.41) is 20.4. The first-order valence-corrected chi connectivity index (χ1v) is 12.1. The summed E-state index contributed by atoms with van der Waals surface area (Å²) in [4.78, 5) is 11.7. The summed E-state index contributed by atoms with van der Waals surface area (Å²) in [5.74, 6) is -0.840. The lowest BCUT2D eigenvalue weighted by molar-refractivity contribution is -0.138. The first kappa shape index (κ1) is 25.5. The molecule has 166 valence electrons. The van der Waals surface area contributed by atoms with Gasteiger partial charge in [0.1, 0.15) is 5.75 Å². The minimum Gasteiger partial charge on any atom is -0.507 e. The van der Waals surface area contributed by atoms with E-state index in [9.17, 15) is 15.0 Å². The van der Waals surface area contributed by atoms with Crippen LogP contribution in [0.2, 0.25) is 0 Å². The summed E-state index contributed by atoms with van der Waals surface area (Å²) >= 11 is 0. The quantitative estimate of drug-likeness (QED) is 0.261. The SMILES string of the molecule is CCCCCCCCc1cc(C(CC)C(=O)O)cc(CCCCCCCC)c1O. The van der Waals surface area contributed by atoms with Crippen molar-refractivity contribution in [3.8, 4) is 5.75 Å². The van der Waals surface area contributed by atoms with Crippen LogP contribution in [0.15, 0.2) is 12.1 Å². The summed E-state index contributed by atoms with van der Waals surface area (Å²) in [6.07, 6.45) is 16.8. The van der Waals surface area contributed by atoms with E-state index in [2.05, 4.69) is 13.8 Å². The zero-order valence-electron chi connectivity index (χ0n) is 19.1. The van der Waals surface area contributed by atoms with Gasteiger partial charge in [0.25, 0.3) is 0 Å². The fraction of sp³-hybridized carbons (Fsp3) is 0.731. The molecule has 29 heavy (non-hydrogen) atoms. The topological polar surface area (TPSA) is 57.5 Å². The average molecular weight is 405 g/mol. The predicted octanol–water partition coefficient (Wildman–Crippen LogP) is 7.78. The van der Waals surface area contributed by atoms with Crippen molar-refractivity contribution < 1.29 is 15.0 Å². The number of hydrogen-bond donors (Lipinski definition) is 2. The molecule has 0 saturated carbocycles. The highest BCUT2D eigenvalue weighted by Crippen LogP contribution is 2.32. The fourth-order valence-electron chi connectivity index (χ4n) is 4.11. The van der Waals surface area contributed by atoms with E-state index in [-0.39, 0.29) is 0 Å². The number of carboxylic acid groups (broad SMARTS) is 1. The second kappa shape index (κ2) is 15.3. The number of aryl methyl sites for hydroxylation is 2. The molecular formula is C26H44O3. The van der Waals surface area contributed by atoms with Crippen LogP contribution in [0.5, 0.6) is 5.75 Å². The highest BCUT2D eigenvalue weighted by atomic mass is 16.4. The molecule has 0 heterocycles. The largest absolute Gasteiger partial charge is 0.507 e. The van der Waals surface area contributed by atoms with Gasteiger partial charge in [-0.1, -0.05) is 97.1 Å². The van der Waals surface area contributed by atoms with Gasteiger partial charge in [-0.3, -0.25) is 4.79 Å². The third-order valence-electron chi connectivity index (χ3n) is 6.00. The van der Waals surface area contributed by atoms with Gasteiger partial charge in [0.15, 0.2) is 0 Å². The number of phenols is 1. The molecule has 0 saturated heterocycles. The Kier molecular flexibility index (Phi) is 13.5. The summed E-state index contributed by atoms with van der Waals surface area (Å²) in [7, 11) is 0. The van der Waals surface area contributed by atoms with Gasteiger partial charge >= 0.3 is 5.97 Å². The first-order valence-electron chi connectivity index (χ1n) is 12.1. The summed E-state index contributed by atoms with van der Waals surface area (Å²) < 4.78 is 0. The molecule has 3 nitrogen and oxygen atoms in total. The average Bonchev–Trinajstić information content (AvgIpc) is 2.70. The molecule has 0 aliphatic heterocycles. The van der Waals surface area contributed by atoms with Gasteiger partial charge in [-0.15, -0.1) is 0 Å². The lowest BCUT2D eigenvalue weighted by Gasteiger charge is -2.17. The van der Waals surface area contributed by atoms with Crippen LogP contribution < -0.4 is 0 Å². The van der Waals surface area contributed by atoms with Gasteiger partial charge in [-0.2, -0.15) is 0 Å². The van der Waals surface area contributed by atoms with Crippen LogP contribution in [-0.4, -0.2) is 16.2 Å². The van der Waals surface area contributed by atoms with Crippen LogP contribution in [0, 0.1) is 0 Å². The number of benzene rings is 1. The standard InChI is InChI=1S/C26H44O3/c1-4-7-9-11-13-15-17-21-19-23(24(6-3)26(28)29)20-22(25(21)27)18-16-14-12-10-8-5-2/h19-20,24,27H,4-18H2,1-3H3,(H,28,29). The zero-order valence-corrected chi connectivity index (χ0v) is 19.1. The molecule has 1 aromatic carbocycles. The first-order chi connectivity index (χ1) is 14.0. The third kappa shape index (κ3) is 9.69. The Morgan fingerprint density at radius 1 is 0.759 bits per heavy atom. The van der Waals surface area contributed by atoms with Crippen molar-refractivity contribution in [1.29, 1.82) is 0 Å². The Labute approximate surface area is 178 Å². The number of aliphatic carboxylic acids is 1. The Morgan fingerprint density at radius 3 is 1.55 bits per heavy atom. The predicted molar refractivity (Wildman–Crippen MR) is 123 cm³/mol. The minimum absolute atomic E-state index is 0.413. The molecule has 0 spiro atoms. The molecule has 3 heteroatoms. The maximum atomic E-state index is 11.7. The third-order valence-corrected chi connectivity index (χ3v) is 6.00. The highest BCUT2D eigenvalue weighted by Gasteiger charge is 2.20. The van der Waals surface area contributed by atoms with E-state index in [0.717, 1.165) is 42.4 Å². The van der Waals surface area contributed by atoms with Gasteiger partial charge in [0.2, 0.25) is 0 Å². The molecule has 0 fully saturated rings. The normalized spacial score (nSPS) is 12.2. The molecule has 1 aromatic rings. The van der Waals surface area contributed by atoms with Gasteiger partial charge in [0, 0.05) is 0 Å². The number of aromatic hydroxyl groups is 1. The van der Waals surface area contributed by atoms with Crippen LogP contribution in [-0.2, 0) is 17.6 Å². The van der Waals surface area contributed by atoms with Crippen molar-refractivity contribution in [1.82, 2.24) is 0 Å². The fourth-order valence-corrected chi connectivity index (χ4v) is 4.11. The second-order valence-corrected chi connectivity index (χ2v) is 8.52. The Balaban J connectivity index is 2.81. The molecule has 1 rings (SSSR count).